The number of carbonyl (C=O) groups is 4. The molecule has 3 aromatic heterocycles. The van der Waals surface area contributed by atoms with Crippen LogP contribution >= 0.6 is 0 Å². The van der Waals surface area contributed by atoms with Crippen LogP contribution in [0.5, 0.6) is 0 Å². The Hall–Kier alpha value is -6.45. The number of imidazole rings is 2. The summed E-state index contributed by atoms with van der Waals surface area (Å²) in [5, 5.41) is 6.09. The topological polar surface area (TPSA) is 205 Å². The van der Waals surface area contributed by atoms with E-state index in [4.69, 9.17) is 13.9 Å². The molecule has 5 aromatic rings. The van der Waals surface area contributed by atoms with Gasteiger partial charge in [-0.25, -0.2) is 24.4 Å². The van der Waals surface area contributed by atoms with Gasteiger partial charge in [0.1, 0.15) is 29.3 Å². The van der Waals surface area contributed by atoms with Crippen molar-refractivity contribution in [1.82, 2.24) is 40.4 Å². The zero-order chi connectivity index (χ0) is 42.0. The smallest absolute Gasteiger partial charge is 0.407 e. The number of amides is 4. The summed E-state index contributed by atoms with van der Waals surface area (Å²) in [7, 11) is 2.54. The Kier molecular flexibility index (Phi) is 11.9. The molecule has 2 aromatic carbocycles. The van der Waals surface area contributed by atoms with E-state index in [0.29, 0.717) is 47.1 Å². The van der Waals surface area contributed by atoms with E-state index in [1.54, 1.807) is 28.3 Å². The average molecular weight is 807 g/mol. The summed E-state index contributed by atoms with van der Waals surface area (Å²) >= 11 is 0. The Bertz CT molecular complexity index is 2400. The lowest BCUT2D eigenvalue weighted by Crippen LogP contribution is -2.51. The van der Waals surface area contributed by atoms with Gasteiger partial charge in [-0.2, -0.15) is 0 Å². The van der Waals surface area contributed by atoms with Crippen LogP contribution in [-0.2, 0) is 19.1 Å². The minimum Gasteiger partial charge on any atom is -0.453 e. The van der Waals surface area contributed by atoms with E-state index < -0.39 is 29.9 Å². The first-order valence-corrected chi connectivity index (χ1v) is 20.0. The Labute approximate surface area is 341 Å². The monoisotopic (exact) mass is 806 g/mol. The number of alkyl carbamates (subject to hydrolysis) is 2. The summed E-state index contributed by atoms with van der Waals surface area (Å²) in [6.45, 7) is 8.61. The van der Waals surface area contributed by atoms with Gasteiger partial charge >= 0.3 is 17.8 Å². The summed E-state index contributed by atoms with van der Waals surface area (Å²) in [5.41, 5.74) is 4.13. The van der Waals surface area contributed by atoms with E-state index in [2.05, 4.69) is 30.6 Å². The lowest BCUT2D eigenvalue weighted by Gasteiger charge is -2.30. The van der Waals surface area contributed by atoms with Crippen LogP contribution in [0.15, 0.2) is 70.1 Å². The number of benzene rings is 2. The van der Waals surface area contributed by atoms with Crippen LogP contribution in [0.1, 0.15) is 77.1 Å². The van der Waals surface area contributed by atoms with Gasteiger partial charge in [0, 0.05) is 24.0 Å². The van der Waals surface area contributed by atoms with Crippen molar-refractivity contribution in [2.75, 3.05) is 27.3 Å². The lowest BCUT2D eigenvalue weighted by molar-refractivity contribution is -0.136. The lowest BCUT2D eigenvalue weighted by atomic mass is 10.0. The van der Waals surface area contributed by atoms with E-state index in [9.17, 15) is 24.0 Å². The van der Waals surface area contributed by atoms with Gasteiger partial charge in [0.2, 0.25) is 11.8 Å². The summed E-state index contributed by atoms with van der Waals surface area (Å²) in [6.07, 6.45) is 5.21. The molecule has 7 rings (SSSR count). The summed E-state index contributed by atoms with van der Waals surface area (Å²) in [5.74, 6) is 0.662. The Balaban J connectivity index is 1.05. The van der Waals surface area contributed by atoms with Gasteiger partial charge in [0.25, 0.3) is 0 Å². The van der Waals surface area contributed by atoms with Gasteiger partial charge in [-0.05, 0) is 60.8 Å². The summed E-state index contributed by atoms with van der Waals surface area (Å²) in [4.78, 5) is 84.0. The predicted octanol–water partition coefficient (Wildman–Crippen LogP) is 6.33. The van der Waals surface area contributed by atoms with Crippen LogP contribution in [0.25, 0.3) is 44.6 Å². The van der Waals surface area contributed by atoms with Crippen LogP contribution in [0.2, 0.25) is 0 Å². The quantitative estimate of drug-likeness (QED) is 0.109. The molecule has 0 saturated carbocycles. The molecule has 2 aliphatic heterocycles. The molecule has 0 unspecified atom stereocenters. The molecule has 0 bridgehead atoms. The number of hydrogen-bond acceptors (Lipinski definition) is 10. The van der Waals surface area contributed by atoms with E-state index in [0.717, 1.165) is 47.9 Å². The fourth-order valence-corrected chi connectivity index (χ4v) is 8.00. The molecule has 4 atom stereocenters. The van der Waals surface area contributed by atoms with E-state index in [1.807, 2.05) is 70.2 Å². The third kappa shape index (κ3) is 8.43. The SMILES string of the molecule is COC(=O)N[C@H](C(=O)N1CCC[C@H]1c1ncc(-c2ccc(-c3cc4ccc(-c5cnc([C@@H]6CCCN6C(=O)[C@@H](NC(=O)OC)C(C)C)[nH]5)cc4oc3=O)cc2)[nH]1)C(C)C. The van der Waals surface area contributed by atoms with Crippen LogP contribution in [0.4, 0.5) is 9.59 Å². The molecule has 2 saturated heterocycles. The number of likely N-dealkylation sites (tertiary alicyclic amines) is 2. The fraction of sp³-hybridized carbons (Fsp3) is 0.419. The first-order chi connectivity index (χ1) is 28.4. The first kappa shape index (κ1) is 40.7. The van der Waals surface area contributed by atoms with Crippen molar-refractivity contribution in [3.63, 3.8) is 0 Å². The maximum atomic E-state index is 13.6. The highest BCUT2D eigenvalue weighted by atomic mass is 16.5. The number of rotatable bonds is 11. The van der Waals surface area contributed by atoms with Crippen molar-refractivity contribution in [2.45, 2.75) is 77.5 Å². The summed E-state index contributed by atoms with van der Waals surface area (Å²) < 4.78 is 15.3. The van der Waals surface area contributed by atoms with Gasteiger partial charge < -0.3 is 44.3 Å². The predicted molar refractivity (Wildman–Crippen MR) is 219 cm³/mol. The van der Waals surface area contributed by atoms with Crippen molar-refractivity contribution in [1.29, 1.82) is 0 Å². The van der Waals surface area contributed by atoms with Crippen molar-refractivity contribution in [3.05, 3.63) is 83.0 Å². The molecule has 16 heteroatoms. The standard InChI is InChI=1S/C43H50N8O8/c1-23(2)35(48-42(55)57-5)39(52)50-17-7-9-32(50)37-44-21-30(46-37)26-13-11-25(12-14-26)29-19-28-16-15-27(20-34(28)59-41(29)54)31-22-45-38(47-31)33-10-8-18-51(33)40(53)36(24(3)4)49-43(56)58-6/h11-16,19-24,32-33,35-36H,7-10,17-18H2,1-6H3,(H,44,46)(H,45,47)(H,48,55)(H,49,56)/t32-,33-,35-,36-/m0/s1. The molecule has 2 fully saturated rings. The number of H-pyrrole nitrogens is 2. The normalized spacial score (nSPS) is 17.7. The molecule has 310 valence electrons. The van der Waals surface area contributed by atoms with Crippen molar-refractivity contribution in [2.24, 2.45) is 11.8 Å². The van der Waals surface area contributed by atoms with Gasteiger partial charge in [-0.15, -0.1) is 0 Å². The Morgan fingerprint density at radius 1 is 0.712 bits per heavy atom. The number of hydrogen-bond donors (Lipinski definition) is 4. The molecule has 4 N–H and O–H groups in total. The molecule has 16 nitrogen and oxygen atoms in total. The Morgan fingerprint density at radius 3 is 1.68 bits per heavy atom. The second-order valence-corrected chi connectivity index (χ2v) is 15.7. The highest BCUT2D eigenvalue weighted by Gasteiger charge is 2.39. The van der Waals surface area contributed by atoms with Gasteiger partial charge in [-0.1, -0.05) is 64.1 Å². The number of nitrogens with one attached hydrogen (secondary N) is 4. The van der Waals surface area contributed by atoms with Crippen molar-refractivity contribution >= 4 is 35.0 Å². The maximum absolute atomic E-state index is 13.6. The number of fused-ring (bicyclic) bond motifs is 1. The summed E-state index contributed by atoms with van der Waals surface area (Å²) in [6, 6.07) is 12.9. The molecular formula is C43H50N8O8. The molecule has 4 amide bonds. The fourth-order valence-electron chi connectivity index (χ4n) is 8.00. The van der Waals surface area contributed by atoms with Crippen LogP contribution in [-0.4, -0.2) is 93.1 Å². The van der Waals surface area contributed by atoms with E-state index >= 15 is 0 Å². The minimum absolute atomic E-state index is 0.134. The Morgan fingerprint density at radius 2 is 1.19 bits per heavy atom. The molecular weight excluding hydrogens is 757 g/mol. The van der Waals surface area contributed by atoms with E-state index in [-0.39, 0.29) is 35.7 Å². The van der Waals surface area contributed by atoms with E-state index in [1.165, 1.54) is 14.2 Å². The van der Waals surface area contributed by atoms with Gasteiger partial charge in [0.05, 0.1) is 55.6 Å². The third-order valence-electron chi connectivity index (χ3n) is 11.2. The highest BCUT2D eigenvalue weighted by molar-refractivity contribution is 5.88. The average Bonchev–Trinajstić information content (AvgIpc) is 4.07. The minimum atomic E-state index is -0.732. The zero-order valence-corrected chi connectivity index (χ0v) is 34.0. The maximum Gasteiger partial charge on any atom is 0.407 e. The number of ether oxygens (including phenoxy) is 2. The molecule has 2 aliphatic rings. The second-order valence-electron chi connectivity index (χ2n) is 15.7. The molecule has 5 heterocycles. The number of carbonyl (C=O) groups excluding carboxylic acids is 4. The molecule has 59 heavy (non-hydrogen) atoms. The van der Waals surface area contributed by atoms with Crippen LogP contribution in [0.3, 0.4) is 0 Å². The second kappa shape index (κ2) is 17.2. The largest absolute Gasteiger partial charge is 0.453 e. The van der Waals surface area contributed by atoms with Crippen molar-refractivity contribution < 1.29 is 33.1 Å². The molecule has 0 aliphatic carbocycles. The third-order valence-corrected chi connectivity index (χ3v) is 11.2. The molecule has 0 spiro atoms. The van der Waals surface area contributed by atoms with Gasteiger partial charge in [0.15, 0.2) is 0 Å². The van der Waals surface area contributed by atoms with Crippen LogP contribution in [0, 0.1) is 11.8 Å². The van der Waals surface area contributed by atoms with Crippen molar-refractivity contribution in [3.8, 4) is 33.6 Å². The number of aromatic nitrogens is 4. The highest BCUT2D eigenvalue weighted by Crippen LogP contribution is 2.35. The zero-order valence-electron chi connectivity index (χ0n) is 34.0. The number of aromatic amines is 2. The van der Waals surface area contributed by atoms with Gasteiger partial charge in [-0.3, -0.25) is 9.59 Å². The number of methoxy groups -OCH3 is 2. The molecule has 0 radical (unpaired) electrons. The van der Waals surface area contributed by atoms with Crippen LogP contribution < -0.4 is 16.3 Å². The first-order valence-electron chi connectivity index (χ1n) is 20.0. The number of nitrogens with zero attached hydrogens (tertiary/aromatic N) is 4.